The van der Waals surface area contributed by atoms with Crippen LogP contribution in [0.5, 0.6) is 0 Å². The van der Waals surface area contributed by atoms with Crippen molar-refractivity contribution in [3.05, 3.63) is 46.4 Å². The fourth-order valence-electron chi connectivity index (χ4n) is 2.52. The van der Waals surface area contributed by atoms with Crippen LogP contribution in [0.4, 0.5) is 5.69 Å². The lowest BCUT2D eigenvalue weighted by Gasteiger charge is -2.21. The van der Waals surface area contributed by atoms with Crippen LogP contribution in [-0.4, -0.2) is 29.0 Å². The molecule has 0 aliphatic rings. The van der Waals surface area contributed by atoms with E-state index in [2.05, 4.69) is 9.97 Å². The standard InChI is InChI=1S/C17H16Cl2N4O/c1-9(20)17(24)23(2)15-6-4-3-5-10(15)16-21-13-7-11(18)12(19)8-14(13)22-16/h3-9H,20H2,1-2H3,(H,21,22). The second kappa shape index (κ2) is 6.43. The summed E-state index contributed by atoms with van der Waals surface area (Å²) in [6.45, 7) is 1.66. The topological polar surface area (TPSA) is 75.0 Å². The zero-order valence-corrected chi connectivity index (χ0v) is 14.7. The lowest BCUT2D eigenvalue weighted by molar-refractivity contribution is -0.119. The van der Waals surface area contributed by atoms with Crippen LogP contribution in [0.3, 0.4) is 0 Å². The molecular weight excluding hydrogens is 347 g/mol. The van der Waals surface area contributed by atoms with Crippen molar-refractivity contribution in [3.8, 4) is 11.4 Å². The van der Waals surface area contributed by atoms with Crippen LogP contribution in [0.2, 0.25) is 10.0 Å². The summed E-state index contributed by atoms with van der Waals surface area (Å²) < 4.78 is 0. The first-order valence-corrected chi connectivity index (χ1v) is 8.11. The van der Waals surface area contributed by atoms with Gasteiger partial charge >= 0.3 is 0 Å². The second-order valence-electron chi connectivity index (χ2n) is 5.57. The van der Waals surface area contributed by atoms with E-state index in [4.69, 9.17) is 28.9 Å². The first-order valence-electron chi connectivity index (χ1n) is 7.36. The molecule has 5 nitrogen and oxygen atoms in total. The molecule has 3 rings (SSSR count). The number of para-hydroxylation sites is 1. The Balaban J connectivity index is 2.12. The van der Waals surface area contributed by atoms with E-state index in [-0.39, 0.29) is 5.91 Å². The maximum Gasteiger partial charge on any atom is 0.243 e. The van der Waals surface area contributed by atoms with E-state index >= 15 is 0 Å². The third-order valence-electron chi connectivity index (χ3n) is 3.76. The highest BCUT2D eigenvalue weighted by Crippen LogP contribution is 2.32. The number of imidazole rings is 1. The van der Waals surface area contributed by atoms with Gasteiger partial charge in [0.05, 0.1) is 32.8 Å². The highest BCUT2D eigenvalue weighted by molar-refractivity contribution is 6.42. The predicted molar refractivity (Wildman–Crippen MR) is 98.6 cm³/mol. The van der Waals surface area contributed by atoms with Crippen molar-refractivity contribution in [1.82, 2.24) is 9.97 Å². The molecule has 1 aromatic heterocycles. The quantitative estimate of drug-likeness (QED) is 0.742. The molecule has 1 heterocycles. The van der Waals surface area contributed by atoms with Gasteiger partial charge in [-0.05, 0) is 31.2 Å². The summed E-state index contributed by atoms with van der Waals surface area (Å²) in [5.74, 6) is 0.452. The number of hydrogen-bond donors (Lipinski definition) is 2. The average Bonchev–Trinajstić information content (AvgIpc) is 2.96. The Morgan fingerprint density at radius 1 is 1.25 bits per heavy atom. The number of likely N-dealkylation sites (N-methyl/N-ethyl adjacent to an activating group) is 1. The van der Waals surface area contributed by atoms with Crippen molar-refractivity contribution in [2.75, 3.05) is 11.9 Å². The summed E-state index contributed by atoms with van der Waals surface area (Å²) >= 11 is 12.1. The lowest BCUT2D eigenvalue weighted by Crippen LogP contribution is -2.40. The minimum atomic E-state index is -0.587. The number of carbonyl (C=O) groups is 1. The van der Waals surface area contributed by atoms with Gasteiger partial charge < -0.3 is 15.6 Å². The van der Waals surface area contributed by atoms with E-state index in [1.807, 2.05) is 24.3 Å². The third kappa shape index (κ3) is 2.98. The van der Waals surface area contributed by atoms with Gasteiger partial charge in [0, 0.05) is 12.6 Å². The van der Waals surface area contributed by atoms with E-state index in [1.54, 1.807) is 26.1 Å². The SMILES string of the molecule is CC(N)C(=O)N(C)c1ccccc1-c1nc2cc(Cl)c(Cl)cc2[nH]1. The fraction of sp³-hybridized carbons (Fsp3) is 0.176. The fourth-order valence-corrected chi connectivity index (χ4v) is 2.84. The molecule has 2 aromatic carbocycles. The van der Waals surface area contributed by atoms with Crippen LogP contribution >= 0.6 is 23.2 Å². The minimum absolute atomic E-state index is 0.176. The number of halogens is 2. The Morgan fingerprint density at radius 2 is 1.92 bits per heavy atom. The number of nitrogens with zero attached hydrogens (tertiary/aromatic N) is 2. The van der Waals surface area contributed by atoms with Gasteiger partial charge in [-0.25, -0.2) is 4.98 Å². The van der Waals surface area contributed by atoms with Gasteiger partial charge in [-0.3, -0.25) is 4.79 Å². The van der Waals surface area contributed by atoms with Gasteiger partial charge in [0.25, 0.3) is 0 Å². The van der Waals surface area contributed by atoms with Crippen molar-refractivity contribution in [3.63, 3.8) is 0 Å². The number of fused-ring (bicyclic) bond motifs is 1. The van der Waals surface area contributed by atoms with Gasteiger partial charge in [-0.2, -0.15) is 0 Å². The molecule has 0 saturated carbocycles. The number of nitrogens with one attached hydrogen (secondary N) is 1. The Morgan fingerprint density at radius 3 is 2.62 bits per heavy atom. The molecule has 1 amide bonds. The molecule has 0 fully saturated rings. The molecule has 0 aliphatic heterocycles. The van der Waals surface area contributed by atoms with E-state index in [0.29, 0.717) is 21.4 Å². The second-order valence-corrected chi connectivity index (χ2v) is 6.39. The van der Waals surface area contributed by atoms with Crippen molar-refractivity contribution in [2.24, 2.45) is 5.73 Å². The summed E-state index contributed by atoms with van der Waals surface area (Å²) in [7, 11) is 1.70. The van der Waals surface area contributed by atoms with Crippen molar-refractivity contribution in [2.45, 2.75) is 13.0 Å². The van der Waals surface area contributed by atoms with Gasteiger partial charge in [-0.1, -0.05) is 35.3 Å². The summed E-state index contributed by atoms with van der Waals surface area (Å²) in [5, 5.41) is 0.900. The Labute approximate surface area is 149 Å². The van der Waals surface area contributed by atoms with E-state index < -0.39 is 6.04 Å². The molecule has 0 aliphatic carbocycles. The van der Waals surface area contributed by atoms with Crippen LogP contribution in [0.1, 0.15) is 6.92 Å². The van der Waals surface area contributed by atoms with Crippen LogP contribution in [0.15, 0.2) is 36.4 Å². The molecule has 124 valence electrons. The van der Waals surface area contributed by atoms with Crippen LogP contribution < -0.4 is 10.6 Å². The van der Waals surface area contributed by atoms with Crippen molar-refractivity contribution >= 4 is 45.8 Å². The highest BCUT2D eigenvalue weighted by Gasteiger charge is 2.19. The number of carbonyl (C=O) groups excluding carboxylic acids is 1. The molecule has 7 heteroatoms. The Bertz CT molecular complexity index is 881. The predicted octanol–water partition coefficient (Wildman–Crippen LogP) is 3.85. The van der Waals surface area contributed by atoms with E-state index in [9.17, 15) is 4.79 Å². The summed E-state index contributed by atoms with van der Waals surface area (Å²) in [4.78, 5) is 21.5. The third-order valence-corrected chi connectivity index (χ3v) is 4.49. The number of rotatable bonds is 3. The molecule has 24 heavy (non-hydrogen) atoms. The van der Waals surface area contributed by atoms with Gasteiger partial charge in [0.15, 0.2) is 0 Å². The zero-order chi connectivity index (χ0) is 17.4. The normalized spacial score (nSPS) is 12.4. The number of nitrogens with two attached hydrogens (primary N) is 1. The van der Waals surface area contributed by atoms with Gasteiger partial charge in [0.2, 0.25) is 5.91 Å². The first-order chi connectivity index (χ1) is 11.4. The number of H-pyrrole nitrogens is 1. The first kappa shape index (κ1) is 16.8. The Hall–Kier alpha value is -2.08. The van der Waals surface area contributed by atoms with Crippen LogP contribution in [0.25, 0.3) is 22.4 Å². The average molecular weight is 363 g/mol. The summed E-state index contributed by atoms with van der Waals surface area (Å²) in [6.07, 6.45) is 0. The molecular formula is C17H16Cl2N4O. The maximum absolute atomic E-state index is 12.2. The van der Waals surface area contributed by atoms with Gasteiger partial charge in [-0.15, -0.1) is 0 Å². The lowest BCUT2D eigenvalue weighted by atomic mass is 10.1. The van der Waals surface area contributed by atoms with E-state index in [0.717, 1.165) is 16.8 Å². The molecule has 1 atom stereocenters. The highest BCUT2D eigenvalue weighted by atomic mass is 35.5. The number of hydrogen-bond acceptors (Lipinski definition) is 3. The molecule has 0 radical (unpaired) electrons. The van der Waals surface area contributed by atoms with Gasteiger partial charge in [0.1, 0.15) is 5.82 Å². The number of benzene rings is 2. The molecule has 0 spiro atoms. The number of aromatic amines is 1. The maximum atomic E-state index is 12.2. The molecule has 0 bridgehead atoms. The van der Waals surface area contributed by atoms with Crippen molar-refractivity contribution < 1.29 is 4.79 Å². The van der Waals surface area contributed by atoms with Crippen LogP contribution in [-0.2, 0) is 4.79 Å². The molecule has 0 saturated heterocycles. The van der Waals surface area contributed by atoms with Crippen LogP contribution in [0, 0.1) is 0 Å². The smallest absolute Gasteiger partial charge is 0.243 e. The monoisotopic (exact) mass is 362 g/mol. The molecule has 3 aromatic rings. The molecule has 1 unspecified atom stereocenters. The number of anilines is 1. The number of aromatic nitrogens is 2. The Kier molecular flexibility index (Phi) is 4.49. The minimum Gasteiger partial charge on any atom is -0.338 e. The molecule has 3 N–H and O–H groups in total. The summed E-state index contributed by atoms with van der Waals surface area (Å²) in [5.41, 5.74) is 8.70. The number of amides is 1. The zero-order valence-electron chi connectivity index (χ0n) is 13.2. The largest absolute Gasteiger partial charge is 0.338 e. The van der Waals surface area contributed by atoms with E-state index in [1.165, 1.54) is 4.90 Å². The van der Waals surface area contributed by atoms with Crippen molar-refractivity contribution in [1.29, 1.82) is 0 Å². The summed E-state index contributed by atoms with van der Waals surface area (Å²) in [6, 6.07) is 10.3.